The van der Waals surface area contributed by atoms with Crippen LogP contribution in [-0.2, 0) is 14.9 Å². The van der Waals surface area contributed by atoms with E-state index >= 15 is 0 Å². The van der Waals surface area contributed by atoms with Crippen molar-refractivity contribution >= 4 is 21.5 Å². The molecular weight excluding hydrogens is 280 g/mol. The van der Waals surface area contributed by atoms with Crippen LogP contribution in [-0.4, -0.2) is 38.2 Å². The molecule has 0 unspecified atom stereocenters. The third-order valence-electron chi connectivity index (χ3n) is 2.11. The number of nitro benzene ring substituents is 1. The smallest absolute Gasteiger partial charge is 0.313 e. The van der Waals surface area contributed by atoms with Gasteiger partial charge in [0.25, 0.3) is 10.1 Å². The molecule has 0 amide bonds. The maximum absolute atomic E-state index is 11.0. The first-order valence-electron chi connectivity index (χ1n) is 4.94. The summed E-state index contributed by atoms with van der Waals surface area (Å²) in [6.07, 6.45) is 0. The number of nitro groups is 1. The highest BCUT2D eigenvalue weighted by molar-refractivity contribution is 7.86. The second-order valence-electron chi connectivity index (χ2n) is 3.43. The Kier molecular flexibility index (Phi) is 4.64. The lowest BCUT2D eigenvalue weighted by atomic mass is 10.2. The van der Waals surface area contributed by atoms with E-state index in [0.29, 0.717) is 0 Å². The lowest BCUT2D eigenvalue weighted by Gasteiger charge is -2.09. The molecule has 0 bridgehead atoms. The molecule has 1 rings (SSSR count). The molecule has 0 spiro atoms. The van der Waals surface area contributed by atoms with Gasteiger partial charge in [0.1, 0.15) is 11.5 Å². The molecule has 0 aliphatic heterocycles. The van der Waals surface area contributed by atoms with E-state index in [1.165, 1.54) is 7.11 Å². The number of nitrogens with zero attached hydrogens (tertiary/aromatic N) is 1. The summed E-state index contributed by atoms with van der Waals surface area (Å²) in [7, 11) is -3.18. The zero-order valence-corrected chi connectivity index (χ0v) is 10.7. The maximum Gasteiger partial charge on any atom is 0.313 e. The summed E-state index contributed by atoms with van der Waals surface area (Å²) >= 11 is 0. The van der Waals surface area contributed by atoms with Gasteiger partial charge in [-0.05, 0) is 0 Å². The van der Waals surface area contributed by atoms with Gasteiger partial charge in [-0.2, -0.15) is 8.42 Å². The molecule has 3 N–H and O–H groups in total. The number of nitrogen functional groups attached to an aromatic ring is 1. The zero-order chi connectivity index (χ0) is 14.6. The average Bonchev–Trinajstić information content (AvgIpc) is 2.29. The van der Waals surface area contributed by atoms with Crippen LogP contribution >= 0.6 is 0 Å². The van der Waals surface area contributed by atoms with Crippen molar-refractivity contribution in [1.82, 2.24) is 0 Å². The third-order valence-corrected chi connectivity index (χ3v) is 3.02. The van der Waals surface area contributed by atoms with Gasteiger partial charge in [-0.1, -0.05) is 0 Å². The van der Waals surface area contributed by atoms with Crippen LogP contribution < -0.4 is 10.5 Å². The largest absolute Gasteiger partial charge is 0.484 e. The first kappa shape index (κ1) is 15.1. The van der Waals surface area contributed by atoms with Crippen molar-refractivity contribution in [2.45, 2.75) is 4.90 Å². The SMILES string of the molecule is COCCOc1cc(S(=O)(=O)O)c(N)cc1[N+](=O)[O-]. The van der Waals surface area contributed by atoms with E-state index in [1.54, 1.807) is 0 Å². The van der Waals surface area contributed by atoms with Crippen molar-refractivity contribution in [2.24, 2.45) is 0 Å². The summed E-state index contributed by atoms with van der Waals surface area (Å²) in [5.74, 6) is -0.316. The molecule has 0 saturated carbocycles. The first-order chi connectivity index (χ1) is 8.77. The lowest BCUT2D eigenvalue weighted by Crippen LogP contribution is -2.09. The van der Waals surface area contributed by atoms with Gasteiger partial charge < -0.3 is 15.2 Å². The highest BCUT2D eigenvalue weighted by Crippen LogP contribution is 2.34. The zero-order valence-electron chi connectivity index (χ0n) is 9.90. The quantitative estimate of drug-likeness (QED) is 0.253. The minimum atomic E-state index is -4.59. The van der Waals surface area contributed by atoms with Gasteiger partial charge in [-0.15, -0.1) is 0 Å². The molecule has 0 radical (unpaired) electrons. The summed E-state index contributed by atoms with van der Waals surface area (Å²) in [5.41, 5.74) is 4.41. The van der Waals surface area contributed by atoms with Crippen LogP contribution in [0.15, 0.2) is 17.0 Å². The number of benzene rings is 1. The number of ether oxygens (including phenoxy) is 2. The molecule has 0 aromatic heterocycles. The molecule has 1 aromatic carbocycles. The Bertz CT molecular complexity index is 584. The van der Waals surface area contributed by atoms with Gasteiger partial charge in [0.15, 0.2) is 5.75 Å². The molecular formula is C9H12N2O7S. The van der Waals surface area contributed by atoms with E-state index in [0.717, 1.165) is 12.1 Å². The van der Waals surface area contributed by atoms with E-state index < -0.39 is 31.3 Å². The van der Waals surface area contributed by atoms with Crippen LogP contribution in [0, 0.1) is 10.1 Å². The second kappa shape index (κ2) is 5.82. The number of nitrogens with two attached hydrogens (primary N) is 1. The molecule has 0 heterocycles. The normalized spacial score (nSPS) is 11.3. The number of rotatable bonds is 6. The topological polar surface area (TPSA) is 142 Å². The molecule has 10 heteroatoms. The van der Waals surface area contributed by atoms with Crippen LogP contribution in [0.2, 0.25) is 0 Å². The van der Waals surface area contributed by atoms with Gasteiger partial charge >= 0.3 is 5.69 Å². The number of anilines is 1. The fraction of sp³-hybridized carbons (Fsp3) is 0.333. The van der Waals surface area contributed by atoms with Crippen LogP contribution in [0.25, 0.3) is 0 Å². The van der Waals surface area contributed by atoms with Crippen molar-refractivity contribution in [3.05, 3.63) is 22.2 Å². The standard InChI is InChI=1S/C9H12N2O7S/c1-17-2-3-18-8-5-9(19(14,15)16)6(10)4-7(8)11(12)13/h4-5H,2-3,10H2,1H3,(H,14,15,16). The van der Waals surface area contributed by atoms with Crippen molar-refractivity contribution in [3.63, 3.8) is 0 Å². The van der Waals surface area contributed by atoms with Gasteiger partial charge in [-0.3, -0.25) is 14.7 Å². The first-order valence-corrected chi connectivity index (χ1v) is 6.38. The Morgan fingerprint density at radius 2 is 2.05 bits per heavy atom. The van der Waals surface area contributed by atoms with Crippen molar-refractivity contribution < 1.29 is 27.4 Å². The van der Waals surface area contributed by atoms with Crippen LogP contribution in [0.5, 0.6) is 5.75 Å². The van der Waals surface area contributed by atoms with E-state index in [9.17, 15) is 18.5 Å². The second-order valence-corrected chi connectivity index (χ2v) is 4.82. The summed E-state index contributed by atoms with van der Waals surface area (Å²) in [6.45, 7) is 0.134. The van der Waals surface area contributed by atoms with Gasteiger partial charge in [0.2, 0.25) is 0 Å². The number of methoxy groups -OCH3 is 1. The Balaban J connectivity index is 3.28. The van der Waals surface area contributed by atoms with Crippen LogP contribution in [0.3, 0.4) is 0 Å². The van der Waals surface area contributed by atoms with Crippen molar-refractivity contribution in [1.29, 1.82) is 0 Å². The molecule has 106 valence electrons. The molecule has 0 fully saturated rings. The van der Waals surface area contributed by atoms with Gasteiger partial charge in [0, 0.05) is 19.2 Å². The predicted molar refractivity (Wildman–Crippen MR) is 64.7 cm³/mol. The Morgan fingerprint density at radius 1 is 1.42 bits per heavy atom. The molecule has 9 nitrogen and oxygen atoms in total. The minimum absolute atomic E-state index is 0.0217. The lowest BCUT2D eigenvalue weighted by molar-refractivity contribution is -0.385. The highest BCUT2D eigenvalue weighted by atomic mass is 32.2. The number of hydrogen-bond acceptors (Lipinski definition) is 7. The summed E-state index contributed by atoms with van der Waals surface area (Å²) < 4.78 is 40.8. The van der Waals surface area contributed by atoms with Gasteiger partial charge in [0.05, 0.1) is 17.2 Å². The summed E-state index contributed by atoms with van der Waals surface area (Å²) in [5, 5.41) is 10.8. The highest BCUT2D eigenvalue weighted by Gasteiger charge is 2.23. The third kappa shape index (κ3) is 3.77. The number of hydrogen-bond donors (Lipinski definition) is 2. The Morgan fingerprint density at radius 3 is 2.53 bits per heavy atom. The van der Waals surface area contributed by atoms with Crippen LogP contribution in [0.4, 0.5) is 11.4 Å². The van der Waals surface area contributed by atoms with E-state index in [4.69, 9.17) is 19.8 Å². The maximum atomic E-state index is 11.0. The molecule has 0 aliphatic carbocycles. The molecule has 0 aliphatic rings. The minimum Gasteiger partial charge on any atom is -0.484 e. The molecule has 0 saturated heterocycles. The summed E-state index contributed by atoms with van der Waals surface area (Å²) in [6, 6.07) is 1.61. The van der Waals surface area contributed by atoms with Crippen molar-refractivity contribution in [2.75, 3.05) is 26.1 Å². The molecule has 0 atom stereocenters. The van der Waals surface area contributed by atoms with E-state index in [2.05, 4.69) is 0 Å². The van der Waals surface area contributed by atoms with Crippen LogP contribution in [0.1, 0.15) is 0 Å². The average molecular weight is 292 g/mol. The fourth-order valence-corrected chi connectivity index (χ4v) is 1.90. The Labute approximate surface area is 108 Å². The monoisotopic (exact) mass is 292 g/mol. The fourth-order valence-electron chi connectivity index (χ4n) is 1.28. The Hall–Kier alpha value is -1.91. The molecule has 1 aromatic rings. The van der Waals surface area contributed by atoms with Crippen molar-refractivity contribution in [3.8, 4) is 5.75 Å². The predicted octanol–water partition coefficient (Wildman–Crippen LogP) is 0.449. The summed E-state index contributed by atoms with van der Waals surface area (Å²) in [4.78, 5) is 9.38. The van der Waals surface area contributed by atoms with E-state index in [1.807, 2.05) is 0 Å². The van der Waals surface area contributed by atoms with E-state index in [-0.39, 0.29) is 19.0 Å². The van der Waals surface area contributed by atoms with Gasteiger partial charge in [-0.25, -0.2) is 0 Å². The molecule has 19 heavy (non-hydrogen) atoms.